The molecule has 2 amide bonds. The van der Waals surface area contributed by atoms with Gasteiger partial charge in [-0.3, -0.25) is 9.59 Å². The van der Waals surface area contributed by atoms with Crippen LogP contribution in [0.15, 0.2) is 36.4 Å². The third-order valence-corrected chi connectivity index (χ3v) is 3.90. The zero-order valence-corrected chi connectivity index (χ0v) is 14.8. The van der Waals surface area contributed by atoms with Crippen molar-refractivity contribution in [2.45, 2.75) is 13.8 Å². The molecule has 0 aliphatic rings. The predicted molar refractivity (Wildman–Crippen MR) is 96.4 cm³/mol. The highest BCUT2D eigenvalue weighted by molar-refractivity contribution is 6.00. The third-order valence-electron chi connectivity index (χ3n) is 3.90. The molecule has 0 fully saturated rings. The lowest BCUT2D eigenvalue weighted by molar-refractivity contribution is -0.115. The number of hydrogen-bond donors (Lipinski definition) is 2. The van der Waals surface area contributed by atoms with E-state index in [1.165, 1.54) is 14.2 Å². The molecule has 0 saturated heterocycles. The number of amides is 2. The lowest BCUT2D eigenvalue weighted by Gasteiger charge is -2.11. The van der Waals surface area contributed by atoms with Gasteiger partial charge >= 0.3 is 0 Å². The highest BCUT2D eigenvalue weighted by Gasteiger charge is 2.12. The van der Waals surface area contributed by atoms with Crippen LogP contribution in [0, 0.1) is 13.8 Å². The standard InChI is InChI=1S/C19H22N2O4/c1-12-6-5-7-17(13(12)2)21-18(22)11-20-19(23)14-8-15(24-3)10-16(9-14)25-4/h5-10H,11H2,1-4H3,(H,20,23)(H,21,22). The molecule has 0 spiro atoms. The predicted octanol–water partition coefficient (Wildman–Crippen LogP) is 2.69. The average Bonchev–Trinajstić information content (AvgIpc) is 2.63. The first-order valence-corrected chi connectivity index (χ1v) is 7.82. The van der Waals surface area contributed by atoms with Crippen LogP contribution in [-0.4, -0.2) is 32.6 Å². The van der Waals surface area contributed by atoms with E-state index in [4.69, 9.17) is 9.47 Å². The number of carbonyl (C=O) groups excluding carboxylic acids is 2. The van der Waals surface area contributed by atoms with Crippen LogP contribution >= 0.6 is 0 Å². The highest BCUT2D eigenvalue weighted by Crippen LogP contribution is 2.22. The molecule has 0 radical (unpaired) electrons. The molecule has 132 valence electrons. The van der Waals surface area contributed by atoms with Gasteiger partial charge in [0.25, 0.3) is 5.91 Å². The molecular formula is C19H22N2O4. The molecule has 2 N–H and O–H groups in total. The fourth-order valence-corrected chi connectivity index (χ4v) is 2.28. The Morgan fingerprint density at radius 1 is 1.00 bits per heavy atom. The zero-order chi connectivity index (χ0) is 18.4. The summed E-state index contributed by atoms with van der Waals surface area (Å²) in [4.78, 5) is 24.3. The Balaban J connectivity index is 2.00. The molecule has 2 rings (SSSR count). The second kappa shape index (κ2) is 8.19. The molecule has 0 aromatic heterocycles. The molecule has 6 heteroatoms. The van der Waals surface area contributed by atoms with Gasteiger partial charge < -0.3 is 20.1 Å². The van der Waals surface area contributed by atoms with E-state index in [0.29, 0.717) is 17.1 Å². The largest absolute Gasteiger partial charge is 0.497 e. The molecule has 0 bridgehead atoms. The number of benzene rings is 2. The summed E-state index contributed by atoms with van der Waals surface area (Å²) in [5, 5.41) is 5.39. The van der Waals surface area contributed by atoms with E-state index in [9.17, 15) is 9.59 Å². The lowest BCUT2D eigenvalue weighted by Crippen LogP contribution is -2.33. The Labute approximate surface area is 147 Å². The number of nitrogens with one attached hydrogen (secondary N) is 2. The van der Waals surface area contributed by atoms with Crippen LogP contribution in [0.1, 0.15) is 21.5 Å². The molecule has 6 nitrogen and oxygen atoms in total. The van der Waals surface area contributed by atoms with E-state index in [1.54, 1.807) is 18.2 Å². The van der Waals surface area contributed by atoms with E-state index in [1.807, 2.05) is 32.0 Å². The Kier molecular flexibility index (Phi) is 6.00. The van der Waals surface area contributed by atoms with Gasteiger partial charge in [-0.05, 0) is 43.2 Å². The molecule has 2 aromatic rings. The molecule has 2 aromatic carbocycles. The minimum Gasteiger partial charge on any atom is -0.497 e. The Bertz CT molecular complexity index is 765. The second-order valence-electron chi connectivity index (χ2n) is 5.58. The Morgan fingerprint density at radius 2 is 1.64 bits per heavy atom. The van der Waals surface area contributed by atoms with Crippen LogP contribution in [0.25, 0.3) is 0 Å². The van der Waals surface area contributed by atoms with Crippen molar-refractivity contribution in [3.63, 3.8) is 0 Å². The van der Waals surface area contributed by atoms with E-state index < -0.39 is 0 Å². The van der Waals surface area contributed by atoms with Gasteiger partial charge in [0.2, 0.25) is 5.91 Å². The van der Waals surface area contributed by atoms with Crippen molar-refractivity contribution < 1.29 is 19.1 Å². The van der Waals surface area contributed by atoms with Gasteiger partial charge in [0.1, 0.15) is 11.5 Å². The third kappa shape index (κ3) is 4.73. The molecule has 0 aliphatic carbocycles. The number of aryl methyl sites for hydroxylation is 1. The zero-order valence-electron chi connectivity index (χ0n) is 14.8. The van der Waals surface area contributed by atoms with Gasteiger partial charge in [0.15, 0.2) is 0 Å². The SMILES string of the molecule is COc1cc(OC)cc(C(=O)NCC(=O)Nc2cccc(C)c2C)c1. The van der Waals surface area contributed by atoms with Crippen molar-refractivity contribution >= 4 is 17.5 Å². The Morgan fingerprint density at radius 3 is 2.24 bits per heavy atom. The van der Waals surface area contributed by atoms with Crippen molar-refractivity contribution in [1.29, 1.82) is 0 Å². The van der Waals surface area contributed by atoms with E-state index in [0.717, 1.165) is 16.8 Å². The van der Waals surface area contributed by atoms with Crippen LogP contribution in [0.5, 0.6) is 11.5 Å². The summed E-state index contributed by atoms with van der Waals surface area (Å²) in [7, 11) is 3.02. The molecular weight excluding hydrogens is 320 g/mol. The second-order valence-corrected chi connectivity index (χ2v) is 5.58. The number of ether oxygens (including phenoxy) is 2. The van der Waals surface area contributed by atoms with Gasteiger partial charge in [-0.2, -0.15) is 0 Å². The normalized spacial score (nSPS) is 10.1. The van der Waals surface area contributed by atoms with Crippen molar-refractivity contribution in [3.05, 3.63) is 53.1 Å². The lowest BCUT2D eigenvalue weighted by atomic mass is 10.1. The molecule has 0 atom stereocenters. The number of rotatable bonds is 6. The average molecular weight is 342 g/mol. The van der Waals surface area contributed by atoms with Gasteiger partial charge in [0.05, 0.1) is 20.8 Å². The summed E-state index contributed by atoms with van der Waals surface area (Å²) in [6.07, 6.45) is 0. The first-order valence-electron chi connectivity index (χ1n) is 7.82. The van der Waals surface area contributed by atoms with Crippen molar-refractivity contribution in [1.82, 2.24) is 5.32 Å². The first kappa shape index (κ1) is 18.3. The summed E-state index contributed by atoms with van der Waals surface area (Å²) < 4.78 is 10.3. The molecule has 0 unspecified atom stereocenters. The summed E-state index contributed by atoms with van der Waals surface area (Å²) in [6.45, 7) is 3.78. The fourth-order valence-electron chi connectivity index (χ4n) is 2.28. The highest BCUT2D eigenvalue weighted by atomic mass is 16.5. The number of carbonyl (C=O) groups is 2. The van der Waals surface area contributed by atoms with E-state index in [-0.39, 0.29) is 18.4 Å². The summed E-state index contributed by atoms with van der Waals surface area (Å²) in [6, 6.07) is 10.5. The first-order chi connectivity index (χ1) is 11.9. The monoisotopic (exact) mass is 342 g/mol. The van der Waals surface area contributed by atoms with Gasteiger partial charge in [0, 0.05) is 17.3 Å². The number of hydrogen-bond acceptors (Lipinski definition) is 4. The van der Waals surface area contributed by atoms with Crippen molar-refractivity contribution in [2.24, 2.45) is 0 Å². The summed E-state index contributed by atoms with van der Waals surface area (Å²) >= 11 is 0. The maximum absolute atomic E-state index is 12.3. The minimum atomic E-state index is -0.381. The maximum Gasteiger partial charge on any atom is 0.251 e. The van der Waals surface area contributed by atoms with Crippen LogP contribution in [-0.2, 0) is 4.79 Å². The molecule has 0 heterocycles. The quantitative estimate of drug-likeness (QED) is 0.846. The summed E-state index contributed by atoms with van der Waals surface area (Å²) in [5.41, 5.74) is 3.18. The Hall–Kier alpha value is -3.02. The topological polar surface area (TPSA) is 76.7 Å². The minimum absolute atomic E-state index is 0.133. The maximum atomic E-state index is 12.3. The van der Waals surface area contributed by atoms with E-state index >= 15 is 0 Å². The van der Waals surface area contributed by atoms with E-state index in [2.05, 4.69) is 10.6 Å². The molecule has 25 heavy (non-hydrogen) atoms. The van der Waals surface area contributed by atoms with Crippen LogP contribution in [0.4, 0.5) is 5.69 Å². The van der Waals surface area contributed by atoms with Crippen LogP contribution in [0.2, 0.25) is 0 Å². The van der Waals surface area contributed by atoms with Gasteiger partial charge in [-0.1, -0.05) is 12.1 Å². The smallest absolute Gasteiger partial charge is 0.251 e. The van der Waals surface area contributed by atoms with Crippen LogP contribution < -0.4 is 20.1 Å². The van der Waals surface area contributed by atoms with Crippen molar-refractivity contribution in [3.8, 4) is 11.5 Å². The fraction of sp³-hybridized carbons (Fsp3) is 0.263. The number of methoxy groups -OCH3 is 2. The molecule has 0 saturated carbocycles. The van der Waals surface area contributed by atoms with Crippen molar-refractivity contribution in [2.75, 3.05) is 26.1 Å². The number of anilines is 1. The van der Waals surface area contributed by atoms with Gasteiger partial charge in [-0.15, -0.1) is 0 Å². The van der Waals surface area contributed by atoms with Crippen LogP contribution in [0.3, 0.4) is 0 Å². The van der Waals surface area contributed by atoms with Gasteiger partial charge in [-0.25, -0.2) is 0 Å². The molecule has 0 aliphatic heterocycles. The summed E-state index contributed by atoms with van der Waals surface area (Å²) in [5.74, 6) is 0.332.